The predicted molar refractivity (Wildman–Crippen MR) is 111 cm³/mol. The summed E-state index contributed by atoms with van der Waals surface area (Å²) in [4.78, 5) is 13.9. The molecule has 0 spiro atoms. The van der Waals surface area contributed by atoms with Crippen LogP contribution in [0.4, 0.5) is 5.82 Å². The summed E-state index contributed by atoms with van der Waals surface area (Å²) in [5.41, 5.74) is 2.74. The predicted octanol–water partition coefficient (Wildman–Crippen LogP) is 0.595. The molecular weight excluding hydrogens is 402 g/mol. The van der Waals surface area contributed by atoms with Gasteiger partial charge in [-0.1, -0.05) is 12.8 Å². The van der Waals surface area contributed by atoms with E-state index in [1.54, 1.807) is 9.25 Å². The number of rotatable bonds is 5. The van der Waals surface area contributed by atoms with E-state index in [2.05, 4.69) is 20.4 Å². The highest BCUT2D eigenvalue weighted by Gasteiger charge is 2.44. The Morgan fingerprint density at radius 2 is 1.94 bits per heavy atom. The third-order valence-electron chi connectivity index (χ3n) is 6.10. The molecule has 5 rings (SSSR count). The van der Waals surface area contributed by atoms with Crippen LogP contribution in [0.5, 0.6) is 0 Å². The van der Waals surface area contributed by atoms with Gasteiger partial charge in [0.15, 0.2) is 23.2 Å². The highest BCUT2D eigenvalue weighted by atomic mass is 16.6. The molecule has 11 nitrogen and oxygen atoms in total. The van der Waals surface area contributed by atoms with E-state index in [4.69, 9.17) is 9.72 Å². The number of aryl methyl sites for hydroxylation is 2. The third-order valence-corrected chi connectivity index (χ3v) is 6.10. The number of aliphatic hydroxyl groups is 3. The van der Waals surface area contributed by atoms with Gasteiger partial charge in [-0.2, -0.15) is 15.1 Å². The smallest absolute Gasteiger partial charge is 0.254 e. The fourth-order valence-corrected chi connectivity index (χ4v) is 4.49. The summed E-state index contributed by atoms with van der Waals surface area (Å²) in [5.74, 6) is 0.983. The van der Waals surface area contributed by atoms with Crippen LogP contribution in [0, 0.1) is 13.8 Å². The van der Waals surface area contributed by atoms with Crippen molar-refractivity contribution in [2.75, 3.05) is 11.9 Å². The molecule has 1 aliphatic heterocycles. The van der Waals surface area contributed by atoms with Gasteiger partial charge < -0.3 is 25.4 Å². The zero-order valence-corrected chi connectivity index (χ0v) is 17.5. The molecule has 3 aromatic heterocycles. The quantitative estimate of drug-likeness (QED) is 0.458. The zero-order chi connectivity index (χ0) is 21.7. The van der Waals surface area contributed by atoms with Crippen LogP contribution in [-0.4, -0.2) is 75.6 Å². The lowest BCUT2D eigenvalue weighted by Gasteiger charge is -2.18. The van der Waals surface area contributed by atoms with Gasteiger partial charge in [0, 0.05) is 11.7 Å². The maximum atomic E-state index is 10.5. The molecule has 2 aliphatic rings. The molecule has 11 heteroatoms. The van der Waals surface area contributed by atoms with Gasteiger partial charge in [-0.15, -0.1) is 0 Å². The Morgan fingerprint density at radius 3 is 2.58 bits per heavy atom. The number of anilines is 1. The van der Waals surface area contributed by atoms with Crippen LogP contribution in [0.2, 0.25) is 0 Å². The van der Waals surface area contributed by atoms with E-state index in [1.807, 2.05) is 19.9 Å². The molecule has 0 radical (unpaired) electrons. The summed E-state index contributed by atoms with van der Waals surface area (Å²) in [6.07, 6.45) is 1.75. The summed E-state index contributed by atoms with van der Waals surface area (Å²) in [6, 6.07) is 2.26. The van der Waals surface area contributed by atoms with Crippen LogP contribution in [0.25, 0.3) is 17.1 Å². The average molecular weight is 429 g/mol. The number of aromatic nitrogens is 6. The monoisotopic (exact) mass is 429 g/mol. The molecule has 1 aliphatic carbocycles. The summed E-state index contributed by atoms with van der Waals surface area (Å²) < 4.78 is 8.95. The Labute approximate surface area is 178 Å². The topological polar surface area (TPSA) is 143 Å². The molecule has 166 valence electrons. The third kappa shape index (κ3) is 3.47. The van der Waals surface area contributed by atoms with Gasteiger partial charge in [0.1, 0.15) is 18.3 Å². The normalized spacial score (nSPS) is 26.9. The summed E-state index contributed by atoms with van der Waals surface area (Å²) in [7, 11) is 0. The van der Waals surface area contributed by atoms with Crippen LogP contribution in [0.15, 0.2) is 12.4 Å². The van der Waals surface area contributed by atoms with E-state index in [0.717, 1.165) is 24.2 Å². The Hall–Kier alpha value is -2.60. The zero-order valence-electron chi connectivity index (χ0n) is 17.5. The largest absolute Gasteiger partial charge is 0.394 e. The first-order valence-corrected chi connectivity index (χ1v) is 10.6. The summed E-state index contributed by atoms with van der Waals surface area (Å²) in [5, 5.41) is 38.2. The van der Waals surface area contributed by atoms with Crippen molar-refractivity contribution in [1.29, 1.82) is 0 Å². The number of aliphatic hydroxyl groups excluding tert-OH is 3. The lowest BCUT2D eigenvalue weighted by molar-refractivity contribution is -0.0511. The molecule has 3 aromatic rings. The van der Waals surface area contributed by atoms with Crippen molar-refractivity contribution < 1.29 is 20.1 Å². The van der Waals surface area contributed by atoms with Gasteiger partial charge in [0.25, 0.3) is 5.95 Å². The maximum Gasteiger partial charge on any atom is 0.254 e. The Kier molecular flexibility index (Phi) is 5.13. The van der Waals surface area contributed by atoms with E-state index >= 15 is 0 Å². The van der Waals surface area contributed by atoms with Gasteiger partial charge in [0.2, 0.25) is 0 Å². The van der Waals surface area contributed by atoms with E-state index < -0.39 is 31.1 Å². The minimum Gasteiger partial charge on any atom is -0.394 e. The molecule has 0 aromatic carbocycles. The van der Waals surface area contributed by atoms with Gasteiger partial charge in [-0.25, -0.2) is 9.67 Å². The molecule has 1 saturated heterocycles. The number of nitrogens with zero attached hydrogens (tertiary/aromatic N) is 6. The van der Waals surface area contributed by atoms with Gasteiger partial charge in [-0.3, -0.25) is 4.57 Å². The molecule has 0 amide bonds. The van der Waals surface area contributed by atoms with Crippen LogP contribution in [0.1, 0.15) is 43.3 Å². The lowest BCUT2D eigenvalue weighted by atomic mass is 10.1. The molecule has 31 heavy (non-hydrogen) atoms. The number of hydrogen-bond acceptors (Lipinski definition) is 9. The van der Waals surface area contributed by atoms with Crippen molar-refractivity contribution in [2.24, 2.45) is 0 Å². The molecule has 4 N–H and O–H groups in total. The molecule has 1 saturated carbocycles. The van der Waals surface area contributed by atoms with Crippen LogP contribution in [0.3, 0.4) is 0 Å². The van der Waals surface area contributed by atoms with Crippen LogP contribution < -0.4 is 5.32 Å². The van der Waals surface area contributed by atoms with Gasteiger partial charge in [-0.05, 0) is 32.8 Å². The van der Waals surface area contributed by atoms with E-state index in [0.29, 0.717) is 29.0 Å². The van der Waals surface area contributed by atoms with Crippen molar-refractivity contribution in [3.63, 3.8) is 0 Å². The molecule has 2 fully saturated rings. The van der Waals surface area contributed by atoms with E-state index in [9.17, 15) is 15.3 Å². The summed E-state index contributed by atoms with van der Waals surface area (Å²) in [6.45, 7) is 3.44. The minimum absolute atomic E-state index is 0.311. The number of nitrogens with one attached hydrogen (secondary N) is 1. The first kappa shape index (κ1) is 20.3. The second kappa shape index (κ2) is 7.83. The van der Waals surface area contributed by atoms with E-state index in [-0.39, 0.29) is 0 Å². The molecule has 4 atom stereocenters. The van der Waals surface area contributed by atoms with Gasteiger partial charge in [0.05, 0.1) is 18.6 Å². The number of hydrogen-bond donors (Lipinski definition) is 4. The number of fused-ring (bicyclic) bond motifs is 1. The van der Waals surface area contributed by atoms with Crippen LogP contribution in [-0.2, 0) is 4.74 Å². The second-order valence-corrected chi connectivity index (χ2v) is 8.39. The number of ether oxygens (including phenoxy) is 1. The minimum atomic E-state index is -1.23. The Morgan fingerprint density at radius 1 is 1.16 bits per heavy atom. The molecule has 0 bridgehead atoms. The first-order chi connectivity index (χ1) is 15.0. The standard InChI is InChI=1S/C20H27N7O4/c1-10-7-11(2)27(25-10)20-23-17(22-12-5-3-4-6-12)14-18(24-20)26(9-21-14)19-16(30)15(29)13(8-28)31-19/h7,9,12-13,15-16,19,28-30H,3-6,8H2,1-2H3,(H,22,23,24)/t13-,15-,16-,19?/m1/s1. The number of imidazole rings is 1. The second-order valence-electron chi connectivity index (χ2n) is 8.39. The first-order valence-electron chi connectivity index (χ1n) is 10.6. The molecule has 4 heterocycles. The van der Waals surface area contributed by atoms with Crippen molar-refractivity contribution in [2.45, 2.75) is 70.1 Å². The van der Waals surface area contributed by atoms with Crippen molar-refractivity contribution in [3.8, 4) is 5.95 Å². The highest BCUT2D eigenvalue weighted by molar-refractivity contribution is 5.84. The summed E-state index contributed by atoms with van der Waals surface area (Å²) >= 11 is 0. The van der Waals surface area contributed by atoms with Crippen molar-refractivity contribution in [1.82, 2.24) is 29.3 Å². The molecular formula is C20H27N7O4. The highest BCUT2D eigenvalue weighted by Crippen LogP contribution is 2.33. The SMILES string of the molecule is Cc1cc(C)n(-c2nc(NC3CCCC3)c3ncn(C4O[C@H](CO)[C@@H](O)[C@H]4O)c3n2)n1. The maximum absolute atomic E-state index is 10.5. The van der Waals surface area contributed by atoms with Gasteiger partial charge >= 0.3 is 0 Å². The fourth-order valence-electron chi connectivity index (χ4n) is 4.49. The van der Waals surface area contributed by atoms with Crippen LogP contribution >= 0.6 is 0 Å². The molecule has 1 unspecified atom stereocenters. The van der Waals surface area contributed by atoms with Crippen molar-refractivity contribution in [3.05, 3.63) is 23.8 Å². The average Bonchev–Trinajstić information content (AvgIpc) is 3.52. The Bertz CT molecular complexity index is 1090. The Balaban J connectivity index is 1.63. The lowest BCUT2D eigenvalue weighted by Crippen LogP contribution is -2.33. The fraction of sp³-hybridized carbons (Fsp3) is 0.600. The van der Waals surface area contributed by atoms with E-state index in [1.165, 1.54) is 19.2 Å². The van der Waals surface area contributed by atoms with Crippen molar-refractivity contribution >= 4 is 17.0 Å².